The van der Waals surface area contributed by atoms with Crippen LogP contribution in [-0.2, 0) is 0 Å². The Morgan fingerprint density at radius 2 is 1.85 bits per heavy atom. The molecule has 1 nitrogen and oxygen atoms in total. The maximum Gasteiger partial charge on any atom is 0.148 e. The van der Waals surface area contributed by atoms with Gasteiger partial charge in [-0.3, -0.25) is 0 Å². The molecule has 0 heterocycles. The fourth-order valence-electron chi connectivity index (χ4n) is 2.06. The zero-order valence-electron chi connectivity index (χ0n) is 10.8. The van der Waals surface area contributed by atoms with Crippen molar-refractivity contribution in [3.8, 4) is 0 Å². The minimum Gasteiger partial charge on any atom is -0.306 e. The maximum absolute atomic E-state index is 14.3. The molecule has 0 aliphatic rings. The fourth-order valence-corrected chi connectivity index (χ4v) is 2.54. The van der Waals surface area contributed by atoms with Gasteiger partial charge in [-0.05, 0) is 34.6 Å². The van der Waals surface area contributed by atoms with Gasteiger partial charge >= 0.3 is 0 Å². The van der Waals surface area contributed by atoms with E-state index < -0.39 is 11.9 Å². The Kier molecular flexibility index (Phi) is 5.13. The summed E-state index contributed by atoms with van der Waals surface area (Å²) in [4.78, 5) is 0. The van der Waals surface area contributed by atoms with Gasteiger partial charge in [-0.15, -0.1) is 0 Å². The van der Waals surface area contributed by atoms with E-state index in [4.69, 9.17) is 11.6 Å². The van der Waals surface area contributed by atoms with Gasteiger partial charge in [-0.2, -0.15) is 0 Å². The van der Waals surface area contributed by atoms with Crippen molar-refractivity contribution in [3.63, 3.8) is 0 Å². The van der Waals surface area contributed by atoms with Gasteiger partial charge in [0.25, 0.3) is 0 Å². The molecular weight excluding hydrogens is 348 g/mol. The first-order valence-electron chi connectivity index (χ1n) is 6.17. The zero-order valence-corrected chi connectivity index (χ0v) is 13.1. The molecule has 2 aromatic carbocycles. The highest BCUT2D eigenvalue weighted by molar-refractivity contribution is 9.10. The number of hydrogen-bond acceptors (Lipinski definition) is 1. The molecule has 0 saturated carbocycles. The summed E-state index contributed by atoms with van der Waals surface area (Å²) < 4.78 is 28.8. The lowest BCUT2D eigenvalue weighted by Gasteiger charge is -2.20. The summed E-state index contributed by atoms with van der Waals surface area (Å²) in [6.45, 7) is 2.46. The molecule has 20 heavy (non-hydrogen) atoms. The van der Waals surface area contributed by atoms with Crippen LogP contribution in [0.4, 0.5) is 8.78 Å². The van der Waals surface area contributed by atoms with E-state index in [1.807, 2.05) is 6.92 Å². The van der Waals surface area contributed by atoms with Crippen molar-refractivity contribution in [2.24, 2.45) is 0 Å². The summed E-state index contributed by atoms with van der Waals surface area (Å²) in [7, 11) is 0. The second-order valence-corrected chi connectivity index (χ2v) is 5.51. The monoisotopic (exact) mass is 359 g/mol. The third kappa shape index (κ3) is 3.03. The van der Waals surface area contributed by atoms with Gasteiger partial charge in [0.2, 0.25) is 0 Å². The van der Waals surface area contributed by atoms with Gasteiger partial charge in [0, 0.05) is 15.6 Å². The summed E-state index contributed by atoms with van der Waals surface area (Å²) in [5.41, 5.74) is 0.719. The van der Waals surface area contributed by atoms with Gasteiger partial charge in [0.15, 0.2) is 0 Å². The van der Waals surface area contributed by atoms with Crippen LogP contribution in [0.15, 0.2) is 40.9 Å². The largest absolute Gasteiger partial charge is 0.306 e. The number of nitrogens with one attached hydrogen (secondary N) is 1. The molecule has 0 bridgehead atoms. The molecule has 1 N–H and O–H groups in total. The van der Waals surface area contributed by atoms with Crippen LogP contribution in [0.1, 0.15) is 24.1 Å². The van der Waals surface area contributed by atoms with Crippen LogP contribution >= 0.6 is 27.5 Å². The first-order chi connectivity index (χ1) is 9.56. The molecular formula is C15H13BrClF2N. The molecule has 1 atom stereocenters. The SMILES string of the molecule is CCNC(c1ccccc1F)c1ccc(Br)c(Cl)c1F. The van der Waals surface area contributed by atoms with Crippen molar-refractivity contribution in [1.29, 1.82) is 0 Å². The van der Waals surface area contributed by atoms with Gasteiger partial charge in [-0.1, -0.05) is 42.8 Å². The third-order valence-electron chi connectivity index (χ3n) is 3.00. The molecule has 1 unspecified atom stereocenters. The molecule has 0 fully saturated rings. The quantitative estimate of drug-likeness (QED) is 0.750. The van der Waals surface area contributed by atoms with Crippen molar-refractivity contribution in [2.45, 2.75) is 13.0 Å². The van der Waals surface area contributed by atoms with Crippen LogP contribution in [-0.4, -0.2) is 6.54 Å². The van der Waals surface area contributed by atoms with E-state index in [1.165, 1.54) is 6.07 Å². The molecule has 0 amide bonds. The van der Waals surface area contributed by atoms with Gasteiger partial charge in [0.05, 0.1) is 11.1 Å². The highest BCUT2D eigenvalue weighted by atomic mass is 79.9. The predicted octanol–water partition coefficient (Wildman–Crippen LogP) is 5.08. The average molecular weight is 361 g/mol. The lowest BCUT2D eigenvalue weighted by Crippen LogP contribution is -2.24. The van der Waals surface area contributed by atoms with Gasteiger partial charge in [-0.25, -0.2) is 8.78 Å². The van der Waals surface area contributed by atoms with E-state index in [0.29, 0.717) is 22.1 Å². The van der Waals surface area contributed by atoms with Crippen molar-refractivity contribution >= 4 is 27.5 Å². The first kappa shape index (κ1) is 15.4. The van der Waals surface area contributed by atoms with Crippen LogP contribution in [0, 0.1) is 11.6 Å². The smallest absolute Gasteiger partial charge is 0.148 e. The Bertz CT molecular complexity index is 619. The molecule has 0 radical (unpaired) electrons. The fraction of sp³-hybridized carbons (Fsp3) is 0.200. The van der Waals surface area contributed by atoms with Crippen molar-refractivity contribution in [3.05, 3.63) is 68.7 Å². The molecule has 0 aliphatic carbocycles. The standard InChI is InChI=1S/C15H13BrClF2N/c1-2-20-15(9-5-3-4-6-12(9)18)10-7-8-11(16)13(17)14(10)19/h3-8,15,20H,2H2,1H3. The summed E-state index contributed by atoms with van der Waals surface area (Å²) in [6, 6.07) is 9.01. The Hall–Kier alpha value is -0.970. The van der Waals surface area contributed by atoms with Crippen LogP contribution < -0.4 is 5.32 Å². The second kappa shape index (κ2) is 6.66. The molecule has 0 aliphatic heterocycles. The number of hydrogen-bond donors (Lipinski definition) is 1. The minimum absolute atomic E-state index is 0.00161. The van der Waals surface area contributed by atoms with Gasteiger partial charge in [0.1, 0.15) is 11.6 Å². The van der Waals surface area contributed by atoms with Crippen molar-refractivity contribution < 1.29 is 8.78 Å². The molecule has 0 aromatic heterocycles. The Labute approximate surface area is 130 Å². The van der Waals surface area contributed by atoms with Crippen molar-refractivity contribution in [1.82, 2.24) is 5.32 Å². The lowest BCUT2D eigenvalue weighted by atomic mass is 9.97. The zero-order chi connectivity index (χ0) is 14.7. The highest BCUT2D eigenvalue weighted by Crippen LogP contribution is 2.33. The third-order valence-corrected chi connectivity index (χ3v) is 4.26. The van der Waals surface area contributed by atoms with E-state index >= 15 is 0 Å². The molecule has 2 rings (SSSR count). The molecule has 5 heteroatoms. The van der Waals surface area contributed by atoms with E-state index in [9.17, 15) is 8.78 Å². The van der Waals surface area contributed by atoms with Crippen LogP contribution in [0.3, 0.4) is 0 Å². The lowest BCUT2D eigenvalue weighted by molar-refractivity contribution is 0.530. The number of rotatable bonds is 4. The Morgan fingerprint density at radius 3 is 2.50 bits per heavy atom. The van der Waals surface area contributed by atoms with E-state index in [-0.39, 0.29) is 10.8 Å². The Balaban J connectivity index is 2.55. The summed E-state index contributed by atoms with van der Waals surface area (Å²) >= 11 is 9.08. The van der Waals surface area contributed by atoms with Crippen molar-refractivity contribution in [2.75, 3.05) is 6.54 Å². The first-order valence-corrected chi connectivity index (χ1v) is 7.34. The molecule has 2 aromatic rings. The van der Waals surface area contributed by atoms with Crippen LogP contribution in [0.5, 0.6) is 0 Å². The van der Waals surface area contributed by atoms with E-state index in [0.717, 1.165) is 0 Å². The average Bonchev–Trinajstić information content (AvgIpc) is 2.44. The minimum atomic E-state index is -0.577. The highest BCUT2D eigenvalue weighted by Gasteiger charge is 2.22. The summed E-state index contributed by atoms with van der Waals surface area (Å²) in [5, 5.41) is 3.09. The molecule has 0 spiro atoms. The van der Waals surface area contributed by atoms with Crippen LogP contribution in [0.25, 0.3) is 0 Å². The van der Waals surface area contributed by atoms with E-state index in [2.05, 4.69) is 21.2 Å². The van der Waals surface area contributed by atoms with Crippen LogP contribution in [0.2, 0.25) is 5.02 Å². The number of halogens is 4. The normalized spacial score (nSPS) is 12.4. The summed E-state index contributed by atoms with van der Waals surface area (Å²) in [6.07, 6.45) is 0. The van der Waals surface area contributed by atoms with E-state index in [1.54, 1.807) is 30.3 Å². The summed E-state index contributed by atoms with van der Waals surface area (Å²) in [5.74, 6) is -0.924. The number of benzene rings is 2. The topological polar surface area (TPSA) is 12.0 Å². The molecule has 0 saturated heterocycles. The maximum atomic E-state index is 14.3. The predicted molar refractivity (Wildman–Crippen MR) is 81.0 cm³/mol. The van der Waals surface area contributed by atoms with Gasteiger partial charge < -0.3 is 5.32 Å². The Morgan fingerprint density at radius 1 is 1.15 bits per heavy atom. The second-order valence-electron chi connectivity index (χ2n) is 4.28. The molecule has 106 valence electrons.